The van der Waals surface area contributed by atoms with Gasteiger partial charge in [0.1, 0.15) is 5.75 Å². The van der Waals surface area contributed by atoms with Crippen molar-refractivity contribution in [3.63, 3.8) is 0 Å². The van der Waals surface area contributed by atoms with E-state index in [1.165, 1.54) is 16.7 Å². The summed E-state index contributed by atoms with van der Waals surface area (Å²) in [5.74, 6) is 0.617. The molecule has 0 saturated heterocycles. The van der Waals surface area contributed by atoms with Gasteiger partial charge in [0, 0.05) is 13.1 Å². The first-order chi connectivity index (χ1) is 12.0. The monoisotopic (exact) mass is 361 g/mol. The number of para-hydroxylation sites is 2. The zero-order valence-electron chi connectivity index (χ0n) is 13.7. The zero-order valence-corrected chi connectivity index (χ0v) is 14.5. The second kappa shape index (κ2) is 7.12. The predicted octanol–water partition coefficient (Wildman–Crippen LogP) is 1.71. The van der Waals surface area contributed by atoms with E-state index >= 15 is 0 Å². The average molecular weight is 361 g/mol. The van der Waals surface area contributed by atoms with Crippen LogP contribution in [0.1, 0.15) is 6.92 Å². The number of imidazole rings is 1. The van der Waals surface area contributed by atoms with Gasteiger partial charge in [0.2, 0.25) is 10.0 Å². The maximum absolute atomic E-state index is 12.3. The lowest BCUT2D eigenvalue weighted by molar-refractivity contribution is 0.340. The van der Waals surface area contributed by atoms with Gasteiger partial charge in [0.15, 0.2) is 0 Å². The molecule has 132 valence electrons. The molecule has 0 fully saturated rings. The largest absolute Gasteiger partial charge is 0.494 e. The van der Waals surface area contributed by atoms with Gasteiger partial charge >= 0.3 is 5.69 Å². The lowest BCUT2D eigenvalue weighted by Gasteiger charge is -2.09. The molecule has 3 rings (SSSR count). The molecular weight excluding hydrogens is 342 g/mol. The van der Waals surface area contributed by atoms with Crippen LogP contribution in [0, 0.1) is 0 Å². The summed E-state index contributed by atoms with van der Waals surface area (Å²) in [6, 6.07) is 13.5. The molecule has 0 spiro atoms. The van der Waals surface area contributed by atoms with Gasteiger partial charge in [-0.3, -0.25) is 4.57 Å². The molecule has 2 aromatic carbocycles. The van der Waals surface area contributed by atoms with Gasteiger partial charge in [0.05, 0.1) is 22.5 Å². The highest BCUT2D eigenvalue weighted by Gasteiger charge is 2.14. The van der Waals surface area contributed by atoms with Crippen LogP contribution in [0.25, 0.3) is 11.0 Å². The van der Waals surface area contributed by atoms with Crippen molar-refractivity contribution in [2.75, 3.05) is 13.2 Å². The lowest BCUT2D eigenvalue weighted by atomic mass is 10.3. The Morgan fingerprint density at radius 3 is 2.56 bits per heavy atom. The number of nitrogens with zero attached hydrogens (tertiary/aromatic N) is 1. The van der Waals surface area contributed by atoms with Crippen LogP contribution in [0.2, 0.25) is 0 Å². The fourth-order valence-corrected chi connectivity index (χ4v) is 3.61. The second-order valence-corrected chi connectivity index (χ2v) is 7.17. The molecule has 25 heavy (non-hydrogen) atoms. The second-order valence-electron chi connectivity index (χ2n) is 5.40. The molecule has 0 amide bonds. The summed E-state index contributed by atoms with van der Waals surface area (Å²) in [6.45, 7) is 2.72. The number of sulfonamides is 1. The number of H-pyrrole nitrogens is 1. The van der Waals surface area contributed by atoms with Gasteiger partial charge in [-0.05, 0) is 43.3 Å². The third kappa shape index (κ3) is 3.75. The van der Waals surface area contributed by atoms with Gasteiger partial charge in [-0.1, -0.05) is 12.1 Å². The number of rotatable bonds is 7. The molecule has 1 aromatic heterocycles. The van der Waals surface area contributed by atoms with Crippen LogP contribution in [-0.2, 0) is 16.6 Å². The lowest BCUT2D eigenvalue weighted by Crippen LogP contribution is -2.30. The summed E-state index contributed by atoms with van der Waals surface area (Å²) in [7, 11) is -3.64. The summed E-state index contributed by atoms with van der Waals surface area (Å²) in [4.78, 5) is 14.9. The van der Waals surface area contributed by atoms with Crippen LogP contribution in [-0.4, -0.2) is 31.1 Å². The zero-order chi connectivity index (χ0) is 17.9. The van der Waals surface area contributed by atoms with Crippen molar-refractivity contribution < 1.29 is 13.2 Å². The van der Waals surface area contributed by atoms with Crippen LogP contribution in [0.4, 0.5) is 0 Å². The Kier molecular flexibility index (Phi) is 4.91. The Labute approximate surface area is 145 Å². The Balaban J connectivity index is 1.70. The molecule has 0 aliphatic carbocycles. The Morgan fingerprint density at radius 2 is 1.84 bits per heavy atom. The van der Waals surface area contributed by atoms with Gasteiger partial charge in [0.25, 0.3) is 0 Å². The number of hydrogen-bond donors (Lipinski definition) is 2. The summed E-state index contributed by atoms with van der Waals surface area (Å²) < 4.78 is 34.0. The molecule has 3 aromatic rings. The van der Waals surface area contributed by atoms with Crippen molar-refractivity contribution in [1.29, 1.82) is 0 Å². The Morgan fingerprint density at radius 1 is 1.12 bits per heavy atom. The van der Waals surface area contributed by atoms with Crippen LogP contribution in [0.5, 0.6) is 5.75 Å². The average Bonchev–Trinajstić information content (AvgIpc) is 2.91. The third-order valence-corrected chi connectivity index (χ3v) is 5.23. The molecule has 0 radical (unpaired) electrons. The van der Waals surface area contributed by atoms with Gasteiger partial charge < -0.3 is 9.72 Å². The van der Waals surface area contributed by atoms with E-state index in [-0.39, 0.29) is 23.7 Å². The summed E-state index contributed by atoms with van der Waals surface area (Å²) >= 11 is 0. The Bertz CT molecular complexity index is 1020. The van der Waals surface area contributed by atoms with E-state index in [4.69, 9.17) is 4.74 Å². The quantitative estimate of drug-likeness (QED) is 0.670. The maximum Gasteiger partial charge on any atom is 0.326 e. The van der Waals surface area contributed by atoms with E-state index in [2.05, 4.69) is 9.71 Å². The number of nitrogens with one attached hydrogen (secondary N) is 2. The maximum atomic E-state index is 12.3. The van der Waals surface area contributed by atoms with Crippen molar-refractivity contribution in [3.8, 4) is 5.75 Å². The van der Waals surface area contributed by atoms with E-state index in [0.29, 0.717) is 12.4 Å². The summed E-state index contributed by atoms with van der Waals surface area (Å²) in [5, 5.41) is 0. The summed E-state index contributed by atoms with van der Waals surface area (Å²) in [5.41, 5.74) is 1.20. The van der Waals surface area contributed by atoms with Crippen molar-refractivity contribution in [2.45, 2.75) is 18.4 Å². The van der Waals surface area contributed by atoms with Crippen molar-refractivity contribution >= 4 is 21.1 Å². The smallest absolute Gasteiger partial charge is 0.326 e. The molecule has 0 saturated carbocycles. The first-order valence-corrected chi connectivity index (χ1v) is 9.39. The van der Waals surface area contributed by atoms with Gasteiger partial charge in [-0.2, -0.15) is 0 Å². The third-order valence-electron chi connectivity index (χ3n) is 3.75. The van der Waals surface area contributed by atoms with Crippen LogP contribution >= 0.6 is 0 Å². The van der Waals surface area contributed by atoms with Gasteiger partial charge in [-0.25, -0.2) is 17.9 Å². The molecule has 7 nitrogen and oxygen atoms in total. The minimum Gasteiger partial charge on any atom is -0.494 e. The first-order valence-electron chi connectivity index (χ1n) is 7.91. The molecule has 0 aliphatic rings. The minimum atomic E-state index is -3.64. The normalized spacial score (nSPS) is 11.7. The molecule has 0 bridgehead atoms. The number of aromatic amines is 1. The molecule has 0 unspecified atom stereocenters. The van der Waals surface area contributed by atoms with E-state index in [0.717, 1.165) is 11.0 Å². The standard InChI is InChI=1S/C17H19N3O4S/c1-2-24-13-7-9-14(10-8-13)25(22,23)18-11-12-20-16-6-4-3-5-15(16)19-17(20)21/h3-10,18H,2,11-12H2,1H3,(H,19,21). The predicted molar refractivity (Wildman–Crippen MR) is 95.4 cm³/mol. The molecule has 2 N–H and O–H groups in total. The van der Waals surface area contributed by atoms with Crippen LogP contribution < -0.4 is 15.1 Å². The van der Waals surface area contributed by atoms with Crippen molar-refractivity contribution in [1.82, 2.24) is 14.3 Å². The molecular formula is C17H19N3O4S. The molecule has 0 aliphatic heterocycles. The fourth-order valence-electron chi connectivity index (χ4n) is 2.59. The van der Waals surface area contributed by atoms with Crippen molar-refractivity contribution in [3.05, 3.63) is 59.0 Å². The van der Waals surface area contributed by atoms with E-state index in [1.54, 1.807) is 18.2 Å². The van der Waals surface area contributed by atoms with E-state index in [9.17, 15) is 13.2 Å². The van der Waals surface area contributed by atoms with Crippen molar-refractivity contribution in [2.24, 2.45) is 0 Å². The number of ether oxygens (including phenoxy) is 1. The highest BCUT2D eigenvalue weighted by atomic mass is 32.2. The SMILES string of the molecule is CCOc1ccc(S(=O)(=O)NCCn2c(=O)[nH]c3ccccc32)cc1. The van der Waals surface area contributed by atoms with Gasteiger partial charge in [-0.15, -0.1) is 0 Å². The molecule has 1 heterocycles. The highest BCUT2D eigenvalue weighted by Crippen LogP contribution is 2.15. The van der Waals surface area contributed by atoms with E-state index in [1.807, 2.05) is 25.1 Å². The number of fused-ring (bicyclic) bond motifs is 1. The molecule has 0 atom stereocenters. The minimum absolute atomic E-state index is 0.108. The van der Waals surface area contributed by atoms with Crippen LogP contribution in [0.15, 0.2) is 58.2 Å². The number of benzene rings is 2. The molecule has 8 heteroatoms. The topological polar surface area (TPSA) is 93.2 Å². The fraction of sp³-hybridized carbons (Fsp3) is 0.235. The Hall–Kier alpha value is -2.58. The first kappa shape index (κ1) is 17.2. The van der Waals surface area contributed by atoms with Crippen LogP contribution in [0.3, 0.4) is 0 Å². The van der Waals surface area contributed by atoms with E-state index < -0.39 is 10.0 Å². The summed E-state index contributed by atoms with van der Waals surface area (Å²) in [6.07, 6.45) is 0. The number of aromatic nitrogens is 2. The highest BCUT2D eigenvalue weighted by molar-refractivity contribution is 7.89. The number of hydrogen-bond acceptors (Lipinski definition) is 4.